The highest BCUT2D eigenvalue weighted by atomic mass is 79.9. The molecule has 1 aliphatic heterocycles. The third kappa shape index (κ3) is 5.42. The summed E-state index contributed by atoms with van der Waals surface area (Å²) in [6, 6.07) is 5.12. The number of nitrogens with zero attached hydrogens (tertiary/aromatic N) is 4. The molecule has 4 rings (SSSR count). The Morgan fingerprint density at radius 3 is 2.67 bits per heavy atom. The average Bonchev–Trinajstić information content (AvgIpc) is 3.19. The molecule has 3 heterocycles. The average molecular weight is 556 g/mol. The molecule has 174 valence electrons. The minimum Gasteiger partial charge on any atom is -0.482 e. The summed E-state index contributed by atoms with van der Waals surface area (Å²) in [5.74, 6) is 1.01. The summed E-state index contributed by atoms with van der Waals surface area (Å²) in [7, 11) is 0. The van der Waals surface area contributed by atoms with E-state index in [2.05, 4.69) is 31.1 Å². The molecule has 1 aromatic carbocycles. The molecule has 0 unspecified atom stereocenters. The minimum atomic E-state index is -0.577. The van der Waals surface area contributed by atoms with Gasteiger partial charge in [0.2, 0.25) is 0 Å². The fraction of sp³-hybridized carbons (Fsp3) is 0.364. The normalized spacial score (nSPS) is 13.6. The molecule has 1 aliphatic rings. The van der Waals surface area contributed by atoms with Crippen molar-refractivity contribution in [3.63, 3.8) is 0 Å². The molecule has 0 N–H and O–H groups in total. The fourth-order valence-corrected chi connectivity index (χ4v) is 4.34. The van der Waals surface area contributed by atoms with E-state index in [0.717, 1.165) is 11.3 Å². The van der Waals surface area contributed by atoms with Gasteiger partial charge in [0.05, 0.1) is 32.3 Å². The number of hydrogen-bond donors (Lipinski definition) is 0. The number of amides is 1. The smallest absolute Gasteiger partial charge is 0.410 e. The van der Waals surface area contributed by atoms with Gasteiger partial charge in [0.15, 0.2) is 6.61 Å². The Morgan fingerprint density at radius 1 is 1.24 bits per heavy atom. The van der Waals surface area contributed by atoms with E-state index in [1.54, 1.807) is 29.3 Å². The zero-order chi connectivity index (χ0) is 23.8. The molecule has 0 radical (unpaired) electrons. The first kappa shape index (κ1) is 23.8. The Balaban J connectivity index is 1.53. The van der Waals surface area contributed by atoms with Crippen molar-refractivity contribution in [3.05, 3.63) is 56.1 Å². The quantitative estimate of drug-likeness (QED) is 0.385. The maximum Gasteiger partial charge on any atom is 0.410 e. The number of pyridine rings is 1. The van der Waals surface area contributed by atoms with Crippen LogP contribution in [-0.2, 0) is 24.3 Å². The Hall–Kier alpha value is -2.36. The van der Waals surface area contributed by atoms with Gasteiger partial charge >= 0.3 is 6.09 Å². The largest absolute Gasteiger partial charge is 0.482 e. The van der Waals surface area contributed by atoms with Crippen molar-refractivity contribution in [2.75, 3.05) is 6.54 Å². The highest BCUT2D eigenvalue weighted by molar-refractivity contribution is 9.10. The number of rotatable bonds is 4. The Kier molecular flexibility index (Phi) is 6.83. The van der Waals surface area contributed by atoms with Gasteiger partial charge in [-0.1, -0.05) is 29.3 Å². The van der Waals surface area contributed by atoms with Gasteiger partial charge in [-0.05, 0) is 48.8 Å². The van der Waals surface area contributed by atoms with Crippen LogP contribution >= 0.6 is 39.1 Å². The van der Waals surface area contributed by atoms with Crippen molar-refractivity contribution in [1.29, 1.82) is 0 Å². The number of hydrogen-bond acceptors (Lipinski definition) is 7. The van der Waals surface area contributed by atoms with Crippen molar-refractivity contribution in [3.8, 4) is 17.2 Å². The summed E-state index contributed by atoms with van der Waals surface area (Å²) in [5, 5.41) is 8.90. The fourth-order valence-electron chi connectivity index (χ4n) is 3.32. The van der Waals surface area contributed by atoms with Gasteiger partial charge in [-0.2, -0.15) is 0 Å². The van der Waals surface area contributed by atoms with E-state index in [9.17, 15) is 4.79 Å². The van der Waals surface area contributed by atoms with Crippen LogP contribution < -0.4 is 4.74 Å². The second-order valence-corrected chi connectivity index (χ2v) is 10.1. The maximum atomic E-state index is 12.6. The summed E-state index contributed by atoms with van der Waals surface area (Å²) in [6.45, 7) is 6.35. The molecule has 8 nitrogen and oxygen atoms in total. The van der Waals surface area contributed by atoms with Crippen LogP contribution in [0.25, 0.3) is 11.5 Å². The number of halogens is 3. The zero-order valence-electron chi connectivity index (χ0n) is 18.2. The number of carbonyl (C=O) groups excluding carboxylic acids is 1. The summed E-state index contributed by atoms with van der Waals surface area (Å²) in [6.07, 6.45) is 1.89. The Labute approximate surface area is 209 Å². The molecule has 0 aliphatic carbocycles. The first-order valence-electron chi connectivity index (χ1n) is 10.2. The summed E-state index contributed by atoms with van der Waals surface area (Å²) in [4.78, 5) is 18.7. The lowest BCUT2D eigenvalue weighted by Gasteiger charge is -2.31. The monoisotopic (exact) mass is 554 g/mol. The van der Waals surface area contributed by atoms with E-state index >= 15 is 0 Å². The molecule has 0 bridgehead atoms. The highest BCUT2D eigenvalue weighted by Crippen LogP contribution is 2.36. The highest BCUT2D eigenvalue weighted by Gasteiger charge is 2.29. The third-order valence-corrected chi connectivity index (χ3v) is 5.97. The van der Waals surface area contributed by atoms with Gasteiger partial charge in [-0.25, -0.2) is 4.79 Å². The van der Waals surface area contributed by atoms with Gasteiger partial charge < -0.3 is 18.8 Å². The number of benzene rings is 1. The van der Waals surface area contributed by atoms with E-state index in [4.69, 9.17) is 37.1 Å². The molecule has 0 saturated carbocycles. The van der Waals surface area contributed by atoms with Crippen LogP contribution in [-0.4, -0.2) is 38.3 Å². The molecular formula is C22H21BrCl2N4O4. The van der Waals surface area contributed by atoms with Crippen LogP contribution in [0.1, 0.15) is 37.9 Å². The van der Waals surface area contributed by atoms with E-state index in [-0.39, 0.29) is 24.5 Å². The molecule has 11 heteroatoms. The third-order valence-electron chi connectivity index (χ3n) is 4.78. The van der Waals surface area contributed by atoms with E-state index < -0.39 is 5.60 Å². The van der Waals surface area contributed by atoms with Gasteiger partial charge in [0.25, 0.3) is 11.8 Å². The van der Waals surface area contributed by atoms with Crippen LogP contribution in [0.2, 0.25) is 10.0 Å². The molecule has 0 fully saturated rings. The first-order valence-corrected chi connectivity index (χ1v) is 11.7. The number of carbonyl (C=O) groups is 1. The second kappa shape index (κ2) is 9.48. The van der Waals surface area contributed by atoms with Crippen LogP contribution in [0.4, 0.5) is 4.79 Å². The zero-order valence-corrected chi connectivity index (χ0v) is 21.3. The van der Waals surface area contributed by atoms with Crippen molar-refractivity contribution in [1.82, 2.24) is 20.1 Å². The first-order chi connectivity index (χ1) is 15.6. The number of aromatic nitrogens is 3. The summed E-state index contributed by atoms with van der Waals surface area (Å²) in [5.41, 5.74) is 1.55. The van der Waals surface area contributed by atoms with Crippen molar-refractivity contribution >= 4 is 45.2 Å². The molecule has 1 amide bonds. The van der Waals surface area contributed by atoms with E-state index in [1.807, 2.05) is 20.8 Å². The number of ether oxygens (including phenoxy) is 2. The molecule has 2 aromatic heterocycles. The second-order valence-electron chi connectivity index (χ2n) is 8.40. The summed E-state index contributed by atoms with van der Waals surface area (Å²) >= 11 is 15.9. The van der Waals surface area contributed by atoms with Crippen molar-refractivity contribution in [2.24, 2.45) is 0 Å². The molecule has 33 heavy (non-hydrogen) atoms. The summed E-state index contributed by atoms with van der Waals surface area (Å²) < 4.78 is 17.9. The number of fused-ring (bicyclic) bond motifs is 1. The predicted octanol–water partition coefficient (Wildman–Crippen LogP) is 6.07. The van der Waals surface area contributed by atoms with E-state index in [0.29, 0.717) is 45.3 Å². The lowest BCUT2D eigenvalue weighted by molar-refractivity contribution is 0.0220. The van der Waals surface area contributed by atoms with Crippen LogP contribution in [0.3, 0.4) is 0 Å². The van der Waals surface area contributed by atoms with Crippen LogP contribution in [0, 0.1) is 0 Å². The molecule has 0 saturated heterocycles. The molecular weight excluding hydrogens is 535 g/mol. The Morgan fingerprint density at radius 2 is 1.97 bits per heavy atom. The van der Waals surface area contributed by atoms with Crippen molar-refractivity contribution < 1.29 is 18.7 Å². The Bertz CT molecular complexity index is 1180. The van der Waals surface area contributed by atoms with Crippen LogP contribution in [0.5, 0.6) is 5.75 Å². The van der Waals surface area contributed by atoms with Crippen molar-refractivity contribution in [2.45, 2.75) is 45.9 Å². The minimum absolute atomic E-state index is 0.0105. The van der Waals surface area contributed by atoms with E-state index in [1.165, 1.54) is 0 Å². The lowest BCUT2D eigenvalue weighted by atomic mass is 10.1. The SMILES string of the molecule is CC(C)(C)OC(=O)N1CCc2ncc(Br)c(OCc3nnc(-c4c(Cl)cccc4Cl)o3)c2C1. The topological polar surface area (TPSA) is 90.6 Å². The molecule has 0 spiro atoms. The lowest BCUT2D eigenvalue weighted by Crippen LogP contribution is -2.40. The van der Waals surface area contributed by atoms with Gasteiger partial charge in [-0.15, -0.1) is 10.2 Å². The predicted molar refractivity (Wildman–Crippen MR) is 126 cm³/mol. The maximum absolute atomic E-state index is 12.6. The van der Waals surface area contributed by atoms with Gasteiger partial charge in [0, 0.05) is 24.7 Å². The molecule has 3 aromatic rings. The standard InChI is InChI=1S/C22H21BrCl2N4O4/c1-22(2,3)33-21(30)29-8-7-16-12(10-29)19(13(23)9-26-16)31-11-17-27-28-20(32-17)18-14(24)5-4-6-15(18)25/h4-6,9H,7-8,10-11H2,1-3H3. The van der Waals surface area contributed by atoms with Crippen LogP contribution in [0.15, 0.2) is 33.3 Å². The molecule has 0 atom stereocenters. The van der Waals surface area contributed by atoms with Gasteiger partial charge in [0.1, 0.15) is 11.4 Å². The van der Waals surface area contributed by atoms with Gasteiger partial charge in [-0.3, -0.25) is 4.98 Å².